The molecule has 2 aromatic rings. The highest BCUT2D eigenvalue weighted by Crippen LogP contribution is 2.41. The van der Waals surface area contributed by atoms with Crippen molar-refractivity contribution in [3.63, 3.8) is 0 Å². The van der Waals surface area contributed by atoms with E-state index in [0.717, 1.165) is 10.0 Å². The number of aliphatic imine (C=N–C) groups is 1. The van der Waals surface area contributed by atoms with Crippen molar-refractivity contribution in [2.45, 2.75) is 13.8 Å². The van der Waals surface area contributed by atoms with Gasteiger partial charge in [0.15, 0.2) is 0 Å². The first-order valence-electron chi connectivity index (χ1n) is 9.10. The van der Waals surface area contributed by atoms with Gasteiger partial charge >= 0.3 is 5.97 Å². The highest BCUT2D eigenvalue weighted by Gasteiger charge is 2.33. The highest BCUT2D eigenvalue weighted by molar-refractivity contribution is 9.10. The molecule has 0 fully saturated rings. The predicted molar refractivity (Wildman–Crippen MR) is 121 cm³/mol. The van der Waals surface area contributed by atoms with E-state index in [2.05, 4.69) is 20.9 Å². The maximum absolute atomic E-state index is 12.5. The number of esters is 1. The quantitative estimate of drug-likeness (QED) is 0.517. The second kappa shape index (κ2) is 9.80. The number of carbonyl (C=O) groups is 1. The number of aliphatic hydroxyl groups is 1. The SMILES string of the molecule is CCOC(=O)C1=C(O)/C(=C/c2cc(Br)ccc2OCC)SC1=Nc1ccccc1. The van der Waals surface area contributed by atoms with E-state index in [0.29, 0.717) is 28.0 Å². The zero-order valence-electron chi connectivity index (χ0n) is 16.0. The van der Waals surface area contributed by atoms with Gasteiger partial charge in [-0.25, -0.2) is 9.79 Å². The maximum atomic E-state index is 12.5. The number of carbonyl (C=O) groups excluding carboxylic acids is 1. The molecular formula is C22H20BrNO4S. The maximum Gasteiger partial charge on any atom is 0.344 e. The van der Waals surface area contributed by atoms with Crippen molar-refractivity contribution in [1.82, 2.24) is 0 Å². The smallest absolute Gasteiger partial charge is 0.344 e. The molecule has 150 valence electrons. The van der Waals surface area contributed by atoms with Crippen LogP contribution in [0.1, 0.15) is 19.4 Å². The van der Waals surface area contributed by atoms with Crippen molar-refractivity contribution in [2.75, 3.05) is 13.2 Å². The summed E-state index contributed by atoms with van der Waals surface area (Å²) in [5, 5.41) is 11.2. The third kappa shape index (κ3) is 5.10. The number of thioether (sulfide) groups is 1. The molecular weight excluding hydrogens is 454 g/mol. The Hall–Kier alpha value is -2.51. The topological polar surface area (TPSA) is 68.1 Å². The normalized spacial score (nSPS) is 16.5. The average molecular weight is 474 g/mol. The molecule has 7 heteroatoms. The lowest BCUT2D eigenvalue weighted by molar-refractivity contribution is -0.138. The monoisotopic (exact) mass is 473 g/mol. The van der Waals surface area contributed by atoms with Crippen LogP contribution >= 0.6 is 27.7 Å². The molecule has 0 atom stereocenters. The molecule has 0 radical (unpaired) electrons. The summed E-state index contributed by atoms with van der Waals surface area (Å²) in [6.07, 6.45) is 1.78. The lowest BCUT2D eigenvalue weighted by atomic mass is 10.1. The molecule has 1 heterocycles. The summed E-state index contributed by atoms with van der Waals surface area (Å²) >= 11 is 4.68. The zero-order chi connectivity index (χ0) is 20.8. The lowest BCUT2D eigenvalue weighted by Gasteiger charge is -2.08. The molecule has 1 aliphatic rings. The minimum Gasteiger partial charge on any atom is -0.506 e. The fourth-order valence-corrected chi connectivity index (χ4v) is 4.08. The molecule has 0 aliphatic carbocycles. The summed E-state index contributed by atoms with van der Waals surface area (Å²) in [7, 11) is 0. The third-order valence-electron chi connectivity index (χ3n) is 3.92. The molecule has 0 saturated carbocycles. The number of para-hydroxylation sites is 1. The molecule has 29 heavy (non-hydrogen) atoms. The van der Waals surface area contributed by atoms with E-state index < -0.39 is 5.97 Å². The summed E-state index contributed by atoms with van der Waals surface area (Å²) in [5.41, 5.74) is 1.53. The third-order valence-corrected chi connectivity index (χ3v) is 5.43. The number of benzene rings is 2. The van der Waals surface area contributed by atoms with Crippen LogP contribution in [-0.2, 0) is 9.53 Å². The van der Waals surface area contributed by atoms with Crippen molar-refractivity contribution in [3.8, 4) is 5.75 Å². The van der Waals surface area contributed by atoms with Gasteiger partial charge in [0, 0.05) is 10.0 Å². The van der Waals surface area contributed by atoms with Gasteiger partial charge in [-0.05, 0) is 50.3 Å². The van der Waals surface area contributed by atoms with Gasteiger partial charge in [-0.15, -0.1) is 0 Å². The van der Waals surface area contributed by atoms with Crippen LogP contribution in [-0.4, -0.2) is 29.3 Å². The molecule has 0 spiro atoms. The van der Waals surface area contributed by atoms with E-state index in [1.54, 1.807) is 13.0 Å². The van der Waals surface area contributed by atoms with Crippen LogP contribution in [0.4, 0.5) is 5.69 Å². The molecule has 1 aliphatic heterocycles. The van der Waals surface area contributed by atoms with E-state index >= 15 is 0 Å². The van der Waals surface area contributed by atoms with Crippen LogP contribution in [0, 0.1) is 0 Å². The van der Waals surface area contributed by atoms with E-state index in [9.17, 15) is 9.90 Å². The van der Waals surface area contributed by atoms with E-state index in [-0.39, 0.29) is 17.9 Å². The number of halogens is 1. The fraction of sp³-hybridized carbons (Fsp3) is 0.182. The summed E-state index contributed by atoms with van der Waals surface area (Å²) in [6, 6.07) is 14.9. The van der Waals surface area contributed by atoms with Gasteiger partial charge in [0.25, 0.3) is 0 Å². The summed E-state index contributed by atoms with van der Waals surface area (Å²) in [6.45, 7) is 4.35. The molecule has 0 aromatic heterocycles. The standard InChI is InChI=1S/C22H20BrNO4S/c1-3-27-17-11-10-15(23)12-14(17)13-18-20(25)19(22(26)28-4-2)21(29-18)24-16-8-6-5-7-9-16/h5-13,25H,3-4H2,1-2H3/b18-13-,24-21?. The highest BCUT2D eigenvalue weighted by atomic mass is 79.9. The van der Waals surface area contributed by atoms with Gasteiger partial charge in [0.2, 0.25) is 0 Å². The van der Waals surface area contributed by atoms with Crippen molar-refractivity contribution in [3.05, 3.63) is 74.8 Å². The first kappa shape index (κ1) is 21.2. The van der Waals surface area contributed by atoms with E-state index in [4.69, 9.17) is 9.47 Å². The van der Waals surface area contributed by atoms with E-state index in [1.807, 2.05) is 55.5 Å². The molecule has 3 rings (SSSR count). The lowest BCUT2D eigenvalue weighted by Crippen LogP contribution is -2.12. The first-order valence-corrected chi connectivity index (χ1v) is 10.7. The molecule has 0 saturated heterocycles. The molecule has 0 amide bonds. The van der Waals surface area contributed by atoms with Gasteiger partial charge in [-0.1, -0.05) is 45.9 Å². The summed E-state index contributed by atoms with van der Waals surface area (Å²) in [5.74, 6) is -0.0665. The zero-order valence-corrected chi connectivity index (χ0v) is 18.4. The Balaban J connectivity index is 2.07. The number of hydrogen-bond donors (Lipinski definition) is 1. The van der Waals surface area contributed by atoms with Crippen LogP contribution in [0.15, 0.2) is 74.2 Å². The average Bonchev–Trinajstić information content (AvgIpc) is 3.00. The van der Waals surface area contributed by atoms with Gasteiger partial charge in [0.05, 0.1) is 23.8 Å². The van der Waals surface area contributed by atoms with Gasteiger partial charge < -0.3 is 14.6 Å². The molecule has 0 unspecified atom stereocenters. The van der Waals surface area contributed by atoms with E-state index in [1.165, 1.54) is 11.8 Å². The largest absolute Gasteiger partial charge is 0.506 e. The van der Waals surface area contributed by atoms with Crippen LogP contribution in [0.25, 0.3) is 6.08 Å². The van der Waals surface area contributed by atoms with Gasteiger partial charge in [-0.2, -0.15) is 0 Å². The molecule has 2 aromatic carbocycles. The summed E-state index contributed by atoms with van der Waals surface area (Å²) < 4.78 is 11.7. The Kier molecular flexibility index (Phi) is 7.17. The van der Waals surface area contributed by atoms with Crippen molar-refractivity contribution >= 4 is 50.5 Å². The number of hydrogen-bond acceptors (Lipinski definition) is 6. The molecule has 1 N–H and O–H groups in total. The van der Waals surface area contributed by atoms with Crippen molar-refractivity contribution < 1.29 is 19.4 Å². The van der Waals surface area contributed by atoms with Crippen molar-refractivity contribution in [1.29, 1.82) is 0 Å². The molecule has 5 nitrogen and oxygen atoms in total. The van der Waals surface area contributed by atoms with Crippen LogP contribution in [0.2, 0.25) is 0 Å². The Morgan fingerprint density at radius 2 is 1.93 bits per heavy atom. The number of rotatable bonds is 6. The minimum atomic E-state index is -0.602. The summed E-state index contributed by atoms with van der Waals surface area (Å²) in [4.78, 5) is 17.5. The minimum absolute atomic E-state index is 0.0694. The Morgan fingerprint density at radius 3 is 2.62 bits per heavy atom. The second-order valence-corrected chi connectivity index (χ2v) is 7.87. The number of aliphatic hydroxyl groups excluding tert-OH is 1. The van der Waals surface area contributed by atoms with Crippen LogP contribution < -0.4 is 4.74 Å². The van der Waals surface area contributed by atoms with Crippen molar-refractivity contribution in [2.24, 2.45) is 4.99 Å². The van der Waals surface area contributed by atoms with Gasteiger partial charge in [0.1, 0.15) is 22.1 Å². The number of ether oxygens (including phenoxy) is 2. The first-order chi connectivity index (χ1) is 14.0. The van der Waals surface area contributed by atoms with Crippen LogP contribution in [0.3, 0.4) is 0 Å². The Bertz CT molecular complexity index is 999. The Morgan fingerprint density at radius 1 is 1.17 bits per heavy atom. The molecule has 0 bridgehead atoms. The van der Waals surface area contributed by atoms with Crippen LogP contribution in [0.5, 0.6) is 5.75 Å². The fourth-order valence-electron chi connectivity index (χ4n) is 2.67. The Labute approximate surface area is 182 Å². The predicted octanol–water partition coefficient (Wildman–Crippen LogP) is 6.04. The number of nitrogens with zero attached hydrogens (tertiary/aromatic N) is 1. The van der Waals surface area contributed by atoms with Gasteiger partial charge in [-0.3, -0.25) is 0 Å². The second-order valence-electron chi connectivity index (χ2n) is 5.92.